The number of aromatic nitrogens is 3. The Morgan fingerprint density at radius 2 is 2.00 bits per heavy atom. The maximum atomic E-state index is 11.9. The van der Waals surface area contributed by atoms with Crippen molar-refractivity contribution >= 4 is 34.9 Å². The molecule has 0 bridgehead atoms. The van der Waals surface area contributed by atoms with Crippen LogP contribution in [-0.4, -0.2) is 33.4 Å². The van der Waals surface area contributed by atoms with Crippen molar-refractivity contribution in [3.8, 4) is 0 Å². The van der Waals surface area contributed by atoms with E-state index in [1.54, 1.807) is 15.6 Å². The molecule has 2 amide bonds. The molecule has 0 aromatic carbocycles. The van der Waals surface area contributed by atoms with Crippen molar-refractivity contribution in [2.45, 2.75) is 39.4 Å². The second-order valence-electron chi connectivity index (χ2n) is 5.15. The molecule has 2 aromatic rings. The fourth-order valence-corrected chi connectivity index (χ4v) is 3.07. The SMILES string of the molecule is CC(C)NC(=O)c1cn[n+](CC(C)NC(=O)c2cnsc2)s1. The maximum absolute atomic E-state index is 11.9. The predicted octanol–water partition coefficient (Wildman–Crippen LogP) is 0.844. The molecule has 1 atom stereocenters. The third kappa shape index (κ3) is 4.57. The van der Waals surface area contributed by atoms with Crippen LogP contribution < -0.4 is 14.7 Å². The smallest absolute Gasteiger partial charge is 0.269 e. The molecule has 2 N–H and O–H groups in total. The minimum Gasteiger partial charge on any atom is -0.349 e. The number of carbonyl (C=O) groups excluding carboxylic acids is 2. The summed E-state index contributed by atoms with van der Waals surface area (Å²) in [6.07, 6.45) is 3.08. The van der Waals surface area contributed by atoms with Gasteiger partial charge in [0, 0.05) is 16.5 Å². The lowest BCUT2D eigenvalue weighted by Crippen LogP contribution is -2.45. The molecular weight excluding hydrogens is 322 g/mol. The predicted molar refractivity (Wildman–Crippen MR) is 84.0 cm³/mol. The molecule has 7 nitrogen and oxygen atoms in total. The zero-order chi connectivity index (χ0) is 16.1. The van der Waals surface area contributed by atoms with E-state index < -0.39 is 0 Å². The molecule has 0 aliphatic carbocycles. The third-order valence-corrected chi connectivity index (χ3v) is 4.18. The first-order chi connectivity index (χ1) is 10.5. The highest BCUT2D eigenvalue weighted by atomic mass is 32.1. The van der Waals surface area contributed by atoms with Crippen LogP contribution in [0.5, 0.6) is 0 Å². The number of hydrogen-bond acceptors (Lipinski definition) is 6. The van der Waals surface area contributed by atoms with Gasteiger partial charge in [-0.3, -0.25) is 9.59 Å². The zero-order valence-corrected chi connectivity index (χ0v) is 14.2. The fourth-order valence-electron chi connectivity index (χ4n) is 1.70. The van der Waals surface area contributed by atoms with Gasteiger partial charge in [-0.05, 0) is 36.4 Å². The summed E-state index contributed by atoms with van der Waals surface area (Å²) < 4.78 is 5.59. The van der Waals surface area contributed by atoms with E-state index in [2.05, 4.69) is 20.1 Å². The first kappa shape index (κ1) is 16.5. The second-order valence-corrected chi connectivity index (χ2v) is 6.85. The van der Waals surface area contributed by atoms with Gasteiger partial charge in [0.2, 0.25) is 6.54 Å². The molecule has 0 saturated carbocycles. The third-order valence-electron chi connectivity index (χ3n) is 2.65. The Bertz CT molecular complexity index is 639. The highest BCUT2D eigenvalue weighted by molar-refractivity contribution is 7.04. The van der Waals surface area contributed by atoms with E-state index in [0.717, 1.165) is 0 Å². The zero-order valence-electron chi connectivity index (χ0n) is 12.6. The Morgan fingerprint density at radius 1 is 1.23 bits per heavy atom. The lowest BCUT2D eigenvalue weighted by molar-refractivity contribution is -0.690. The van der Waals surface area contributed by atoms with Gasteiger partial charge in [0.05, 0.1) is 17.8 Å². The maximum Gasteiger partial charge on any atom is 0.269 e. The van der Waals surface area contributed by atoms with Gasteiger partial charge in [-0.25, -0.2) is 4.37 Å². The summed E-state index contributed by atoms with van der Waals surface area (Å²) >= 11 is 2.51. The first-order valence-corrected chi connectivity index (χ1v) is 8.44. The molecule has 2 aromatic heterocycles. The van der Waals surface area contributed by atoms with Gasteiger partial charge in [-0.1, -0.05) is 0 Å². The molecule has 22 heavy (non-hydrogen) atoms. The van der Waals surface area contributed by atoms with Crippen molar-refractivity contribution in [2.24, 2.45) is 0 Å². The molecule has 118 valence electrons. The summed E-state index contributed by atoms with van der Waals surface area (Å²) in [6.45, 7) is 6.21. The van der Waals surface area contributed by atoms with Crippen LogP contribution in [-0.2, 0) is 6.54 Å². The Balaban J connectivity index is 1.89. The number of carbonyl (C=O) groups is 2. The summed E-state index contributed by atoms with van der Waals surface area (Å²) in [7, 11) is 0. The summed E-state index contributed by atoms with van der Waals surface area (Å²) in [5.74, 6) is -0.288. The lowest BCUT2D eigenvalue weighted by Gasteiger charge is -2.07. The molecule has 0 aliphatic rings. The van der Waals surface area contributed by atoms with Gasteiger partial charge in [0.25, 0.3) is 11.8 Å². The van der Waals surface area contributed by atoms with Crippen molar-refractivity contribution in [1.29, 1.82) is 0 Å². The molecule has 1 unspecified atom stereocenters. The van der Waals surface area contributed by atoms with Crippen molar-refractivity contribution in [3.63, 3.8) is 0 Å². The largest absolute Gasteiger partial charge is 0.349 e. The van der Waals surface area contributed by atoms with Crippen LogP contribution in [0.25, 0.3) is 0 Å². The van der Waals surface area contributed by atoms with Gasteiger partial charge >= 0.3 is 0 Å². The number of nitrogens with zero attached hydrogens (tertiary/aromatic N) is 3. The molecule has 0 aliphatic heterocycles. The summed E-state index contributed by atoms with van der Waals surface area (Å²) in [5.41, 5.74) is 0.554. The van der Waals surface area contributed by atoms with Crippen LogP contribution >= 0.6 is 23.1 Å². The quantitative estimate of drug-likeness (QED) is 0.763. The van der Waals surface area contributed by atoms with Crippen molar-refractivity contribution in [1.82, 2.24) is 20.1 Å². The minimum absolute atomic E-state index is 0.0838. The van der Waals surface area contributed by atoms with Crippen LogP contribution in [0, 0.1) is 0 Å². The molecular formula is C13H18N5O2S2+. The normalized spacial score (nSPS) is 12.2. The van der Waals surface area contributed by atoms with Crippen molar-refractivity contribution < 1.29 is 13.7 Å². The monoisotopic (exact) mass is 340 g/mol. The van der Waals surface area contributed by atoms with E-state index in [0.29, 0.717) is 17.0 Å². The van der Waals surface area contributed by atoms with E-state index in [1.807, 2.05) is 20.8 Å². The summed E-state index contributed by atoms with van der Waals surface area (Å²) in [5, 5.41) is 11.6. The van der Waals surface area contributed by atoms with Gasteiger partial charge in [-0.15, -0.1) is 0 Å². The molecule has 2 heterocycles. The van der Waals surface area contributed by atoms with Crippen molar-refractivity contribution in [2.75, 3.05) is 0 Å². The average molecular weight is 340 g/mol. The highest BCUT2D eigenvalue weighted by Gasteiger charge is 2.21. The van der Waals surface area contributed by atoms with E-state index in [-0.39, 0.29) is 23.9 Å². The van der Waals surface area contributed by atoms with Gasteiger partial charge in [0.1, 0.15) is 6.20 Å². The Morgan fingerprint density at radius 3 is 2.64 bits per heavy atom. The number of hydrogen-bond donors (Lipinski definition) is 2. The second kappa shape index (κ2) is 7.41. The molecule has 0 fully saturated rings. The fraction of sp³-hybridized carbons (Fsp3) is 0.462. The Kier molecular flexibility index (Phi) is 5.56. The van der Waals surface area contributed by atoms with Gasteiger partial charge in [-0.2, -0.15) is 0 Å². The van der Waals surface area contributed by atoms with Crippen LogP contribution in [0.3, 0.4) is 0 Å². The van der Waals surface area contributed by atoms with E-state index in [4.69, 9.17) is 0 Å². The van der Waals surface area contributed by atoms with Crippen LogP contribution in [0.1, 0.15) is 40.8 Å². The van der Waals surface area contributed by atoms with Crippen LogP contribution in [0.2, 0.25) is 0 Å². The van der Waals surface area contributed by atoms with Gasteiger partial charge in [0.15, 0.2) is 16.4 Å². The first-order valence-electron chi connectivity index (χ1n) is 6.83. The standard InChI is InChI=1S/C13H17N5O2S2/c1-8(2)16-13(20)11-5-14-18(22-11)6-9(3)17-12(19)10-4-15-21-7-10/h4-5,7-9H,6H2,1-3H3,(H-,16,17,19,20)/p+1. The van der Waals surface area contributed by atoms with Crippen molar-refractivity contribution in [3.05, 3.63) is 28.2 Å². The van der Waals surface area contributed by atoms with Crippen LogP contribution in [0.15, 0.2) is 17.8 Å². The number of rotatable bonds is 6. The van der Waals surface area contributed by atoms with E-state index in [9.17, 15) is 9.59 Å². The topological polar surface area (TPSA) is 87.9 Å². The molecule has 2 rings (SSSR count). The van der Waals surface area contributed by atoms with Gasteiger partial charge < -0.3 is 10.6 Å². The van der Waals surface area contributed by atoms with E-state index in [1.165, 1.54) is 29.3 Å². The lowest BCUT2D eigenvalue weighted by atomic mass is 10.3. The Labute approximate surface area is 136 Å². The molecule has 0 radical (unpaired) electrons. The van der Waals surface area contributed by atoms with E-state index >= 15 is 0 Å². The Hall–Kier alpha value is -1.87. The average Bonchev–Trinajstić information content (AvgIpc) is 3.08. The minimum atomic E-state index is -0.156. The summed E-state index contributed by atoms with van der Waals surface area (Å²) in [4.78, 5) is 24.3. The summed E-state index contributed by atoms with van der Waals surface area (Å²) in [6, 6.07) is -0.0231. The number of nitrogens with one attached hydrogen (secondary N) is 2. The highest BCUT2D eigenvalue weighted by Crippen LogP contribution is 2.03. The molecule has 9 heteroatoms. The number of amides is 2. The van der Waals surface area contributed by atoms with Crippen LogP contribution in [0.4, 0.5) is 0 Å². The molecule has 0 spiro atoms. The molecule has 0 saturated heterocycles.